The molecule has 0 bridgehead atoms. The molecule has 0 aliphatic heterocycles. The van der Waals surface area contributed by atoms with Crippen molar-refractivity contribution in [1.82, 2.24) is 19.9 Å². The lowest BCUT2D eigenvalue weighted by Gasteiger charge is -2.16. The number of nitrogens with zero attached hydrogens (tertiary/aromatic N) is 2. The number of amides is 1. The minimum atomic E-state index is -1.11. The predicted octanol–water partition coefficient (Wildman–Crippen LogP) is 5.07. The largest absolute Gasteiger partial charge is 0.437 e. The summed E-state index contributed by atoms with van der Waals surface area (Å²) in [5, 5.41) is 14.4. The van der Waals surface area contributed by atoms with Gasteiger partial charge in [0.15, 0.2) is 5.75 Å². The molecule has 9 heteroatoms. The molecule has 0 saturated heterocycles. The fourth-order valence-electron chi connectivity index (χ4n) is 4.27. The maximum Gasteiger partial charge on any atom is 0.274 e. The molecule has 4 aromatic rings. The Hall–Kier alpha value is -3.43. The van der Waals surface area contributed by atoms with E-state index in [2.05, 4.69) is 15.3 Å². The number of hydrogen-bond acceptors (Lipinski definition) is 6. The number of pyridine rings is 2. The van der Waals surface area contributed by atoms with Crippen LogP contribution in [0.3, 0.4) is 0 Å². The van der Waals surface area contributed by atoms with Crippen LogP contribution in [0.1, 0.15) is 59.8 Å². The number of aryl methyl sites for hydroxylation is 3. The van der Waals surface area contributed by atoms with E-state index in [1.807, 2.05) is 40.7 Å². The summed E-state index contributed by atoms with van der Waals surface area (Å²) in [5.74, 6) is 0.743. The molecule has 0 aliphatic rings. The molecule has 4 heterocycles. The van der Waals surface area contributed by atoms with E-state index in [-0.39, 0.29) is 17.5 Å². The van der Waals surface area contributed by atoms with Gasteiger partial charge in [0.05, 0.1) is 10.5 Å². The second kappa shape index (κ2) is 9.22. The standard InChI is InChI=1S/C27H32N4O4S/c1-13(2)29-24(32)19-10-17-18(12-31(8)26(33)20(17)30-19)22-21(16(5)23(36-22)27(6,7)34)35-25-15(4)9-14(3)11-28-25/h9-13,30,34H,1-8H3,(H,29,32). The highest BCUT2D eigenvalue weighted by atomic mass is 32.1. The van der Waals surface area contributed by atoms with Crippen molar-refractivity contribution in [3.8, 4) is 22.1 Å². The van der Waals surface area contributed by atoms with Crippen LogP contribution in [0.4, 0.5) is 0 Å². The molecule has 0 saturated carbocycles. The minimum absolute atomic E-state index is 0.0502. The Labute approximate surface area is 214 Å². The first-order valence-corrected chi connectivity index (χ1v) is 12.6. The minimum Gasteiger partial charge on any atom is -0.437 e. The van der Waals surface area contributed by atoms with E-state index in [0.29, 0.717) is 28.2 Å². The summed E-state index contributed by atoms with van der Waals surface area (Å²) in [4.78, 5) is 34.7. The lowest BCUT2D eigenvalue weighted by atomic mass is 10.0. The molecule has 0 unspecified atom stereocenters. The molecule has 0 radical (unpaired) electrons. The van der Waals surface area contributed by atoms with Crippen LogP contribution in [0.25, 0.3) is 21.3 Å². The molecule has 0 aromatic carbocycles. The number of rotatable bonds is 6. The Morgan fingerprint density at radius 1 is 1.25 bits per heavy atom. The Bertz CT molecular complexity index is 1540. The van der Waals surface area contributed by atoms with Gasteiger partial charge in [-0.15, -0.1) is 11.3 Å². The molecular weight excluding hydrogens is 476 g/mol. The summed E-state index contributed by atoms with van der Waals surface area (Å²) < 4.78 is 7.88. The van der Waals surface area contributed by atoms with Crippen LogP contribution in [0.2, 0.25) is 0 Å². The summed E-state index contributed by atoms with van der Waals surface area (Å²) in [7, 11) is 1.67. The smallest absolute Gasteiger partial charge is 0.274 e. The van der Waals surface area contributed by atoms with E-state index < -0.39 is 5.60 Å². The predicted molar refractivity (Wildman–Crippen MR) is 143 cm³/mol. The average molecular weight is 509 g/mol. The average Bonchev–Trinajstić information content (AvgIpc) is 3.35. The van der Waals surface area contributed by atoms with Gasteiger partial charge in [-0.2, -0.15) is 0 Å². The molecule has 0 fully saturated rings. The lowest BCUT2D eigenvalue weighted by Crippen LogP contribution is -2.30. The van der Waals surface area contributed by atoms with Crippen LogP contribution in [0, 0.1) is 20.8 Å². The normalized spacial score (nSPS) is 11.9. The number of H-pyrrole nitrogens is 1. The topological polar surface area (TPSA) is 109 Å². The number of aliphatic hydroxyl groups is 1. The van der Waals surface area contributed by atoms with E-state index in [0.717, 1.165) is 32.0 Å². The van der Waals surface area contributed by atoms with Gasteiger partial charge in [0, 0.05) is 52.4 Å². The number of hydrogen-bond donors (Lipinski definition) is 3. The maximum atomic E-state index is 13.0. The molecule has 190 valence electrons. The lowest BCUT2D eigenvalue weighted by molar-refractivity contribution is 0.0817. The quantitative estimate of drug-likeness (QED) is 0.337. The fraction of sp³-hybridized carbons (Fsp3) is 0.370. The monoisotopic (exact) mass is 508 g/mol. The van der Waals surface area contributed by atoms with Crippen molar-refractivity contribution in [3.63, 3.8) is 0 Å². The number of nitrogens with one attached hydrogen (secondary N) is 2. The molecule has 0 spiro atoms. The third-order valence-corrected chi connectivity index (χ3v) is 7.51. The summed E-state index contributed by atoms with van der Waals surface area (Å²) in [6.07, 6.45) is 3.49. The number of thiophene rings is 1. The van der Waals surface area contributed by atoms with E-state index in [4.69, 9.17) is 4.74 Å². The van der Waals surface area contributed by atoms with Crippen LogP contribution in [0.15, 0.2) is 29.3 Å². The van der Waals surface area contributed by atoms with Crippen molar-refractivity contribution in [3.05, 3.63) is 62.1 Å². The maximum absolute atomic E-state index is 13.0. The number of fused-ring (bicyclic) bond motifs is 1. The summed E-state index contributed by atoms with van der Waals surface area (Å²) >= 11 is 1.40. The molecule has 3 N–H and O–H groups in total. The first-order chi connectivity index (χ1) is 16.8. The molecule has 36 heavy (non-hydrogen) atoms. The van der Waals surface area contributed by atoms with Gasteiger partial charge >= 0.3 is 0 Å². The number of aromatic nitrogens is 3. The number of carbonyl (C=O) groups is 1. The highest BCUT2D eigenvalue weighted by Crippen LogP contribution is 2.49. The fourth-order valence-corrected chi connectivity index (χ4v) is 5.53. The van der Waals surface area contributed by atoms with Crippen LogP contribution in [0.5, 0.6) is 11.6 Å². The second-order valence-corrected chi connectivity index (χ2v) is 11.1. The zero-order valence-corrected chi connectivity index (χ0v) is 22.7. The van der Waals surface area contributed by atoms with Gasteiger partial charge < -0.3 is 24.7 Å². The van der Waals surface area contributed by atoms with Crippen molar-refractivity contribution >= 4 is 28.1 Å². The summed E-state index contributed by atoms with van der Waals surface area (Å²) in [6.45, 7) is 13.0. The molecular formula is C27H32N4O4S. The van der Waals surface area contributed by atoms with E-state index >= 15 is 0 Å². The highest BCUT2D eigenvalue weighted by molar-refractivity contribution is 7.16. The Balaban J connectivity index is 1.98. The Morgan fingerprint density at radius 2 is 1.94 bits per heavy atom. The SMILES string of the molecule is Cc1cnc(Oc2c(-c3cn(C)c(=O)c4[nH]c(C(=O)NC(C)C)cc34)sc(C(C)(C)O)c2C)c(C)c1. The number of ether oxygens (including phenoxy) is 1. The number of carbonyl (C=O) groups excluding carboxylic acids is 1. The molecule has 4 rings (SSSR count). The van der Waals surface area contributed by atoms with Crippen LogP contribution >= 0.6 is 11.3 Å². The van der Waals surface area contributed by atoms with E-state index in [9.17, 15) is 14.7 Å². The van der Waals surface area contributed by atoms with Gasteiger partial charge in [0.25, 0.3) is 11.5 Å². The molecule has 4 aromatic heterocycles. The Morgan fingerprint density at radius 3 is 2.56 bits per heavy atom. The van der Waals surface area contributed by atoms with Crippen molar-refractivity contribution < 1.29 is 14.6 Å². The van der Waals surface area contributed by atoms with Crippen LogP contribution in [-0.2, 0) is 12.6 Å². The van der Waals surface area contributed by atoms with Crippen LogP contribution < -0.4 is 15.6 Å². The molecule has 8 nitrogen and oxygen atoms in total. The van der Waals surface area contributed by atoms with Crippen LogP contribution in [-0.4, -0.2) is 31.6 Å². The van der Waals surface area contributed by atoms with Gasteiger partial charge in [0.2, 0.25) is 5.88 Å². The first-order valence-electron chi connectivity index (χ1n) is 11.8. The third-order valence-electron chi connectivity index (χ3n) is 5.89. The third kappa shape index (κ3) is 4.68. The second-order valence-electron chi connectivity index (χ2n) is 10.1. The van der Waals surface area contributed by atoms with Crippen molar-refractivity contribution in [2.24, 2.45) is 7.05 Å². The zero-order valence-electron chi connectivity index (χ0n) is 21.9. The van der Waals surface area contributed by atoms with Crippen molar-refractivity contribution in [2.45, 2.75) is 60.1 Å². The molecule has 0 aliphatic carbocycles. The van der Waals surface area contributed by atoms with Crippen molar-refractivity contribution in [2.75, 3.05) is 0 Å². The highest BCUT2D eigenvalue weighted by Gasteiger charge is 2.29. The first kappa shape index (κ1) is 25.7. The van der Waals surface area contributed by atoms with E-state index in [1.165, 1.54) is 15.9 Å². The number of aromatic amines is 1. The van der Waals surface area contributed by atoms with Gasteiger partial charge in [-0.1, -0.05) is 0 Å². The van der Waals surface area contributed by atoms with Gasteiger partial charge in [-0.25, -0.2) is 4.98 Å². The molecule has 1 amide bonds. The van der Waals surface area contributed by atoms with Gasteiger partial charge in [-0.3, -0.25) is 9.59 Å². The summed E-state index contributed by atoms with van der Waals surface area (Å²) in [5.41, 5.74) is 2.70. The van der Waals surface area contributed by atoms with E-state index in [1.54, 1.807) is 39.4 Å². The van der Waals surface area contributed by atoms with Gasteiger partial charge in [0.1, 0.15) is 11.2 Å². The Kier molecular flexibility index (Phi) is 6.57. The van der Waals surface area contributed by atoms with Crippen molar-refractivity contribution in [1.29, 1.82) is 0 Å². The van der Waals surface area contributed by atoms with Gasteiger partial charge in [-0.05, 0) is 66.2 Å². The zero-order chi connectivity index (χ0) is 26.5. The summed E-state index contributed by atoms with van der Waals surface area (Å²) in [6, 6.07) is 3.64. The molecule has 0 atom stereocenters.